The van der Waals surface area contributed by atoms with Crippen molar-refractivity contribution >= 4 is 16.0 Å². The molecule has 1 fully saturated rings. The van der Waals surface area contributed by atoms with Gasteiger partial charge in [-0.2, -0.15) is 0 Å². The van der Waals surface area contributed by atoms with E-state index in [9.17, 15) is 13.5 Å². The van der Waals surface area contributed by atoms with Crippen molar-refractivity contribution in [3.8, 4) is 5.75 Å². The van der Waals surface area contributed by atoms with E-state index in [1.807, 2.05) is 45.0 Å². The summed E-state index contributed by atoms with van der Waals surface area (Å²) < 4.78 is 30.4. The minimum atomic E-state index is -3.13. The number of aliphatic imine (C=N–C) groups is 1. The number of aliphatic hydroxyl groups is 1. The molecule has 164 valence electrons. The zero-order chi connectivity index (χ0) is 21.4. The molecule has 2 unspecified atom stereocenters. The molecular formula is C20H34N4O4S. The average molecular weight is 427 g/mol. The molecule has 1 heterocycles. The lowest BCUT2D eigenvalue weighted by molar-refractivity contribution is 0.186. The van der Waals surface area contributed by atoms with Crippen LogP contribution >= 0.6 is 0 Å². The third-order valence-electron chi connectivity index (χ3n) is 4.68. The zero-order valence-electron chi connectivity index (χ0n) is 17.8. The first-order valence-corrected chi connectivity index (χ1v) is 12.0. The van der Waals surface area contributed by atoms with Gasteiger partial charge in [-0.25, -0.2) is 12.7 Å². The fourth-order valence-electron chi connectivity index (χ4n) is 3.17. The van der Waals surface area contributed by atoms with E-state index < -0.39 is 16.1 Å². The van der Waals surface area contributed by atoms with Gasteiger partial charge in [-0.05, 0) is 50.8 Å². The summed E-state index contributed by atoms with van der Waals surface area (Å²) in [6, 6.07) is 7.38. The molecule has 0 aromatic heterocycles. The van der Waals surface area contributed by atoms with Crippen molar-refractivity contribution in [2.75, 3.05) is 39.0 Å². The molecule has 29 heavy (non-hydrogen) atoms. The van der Waals surface area contributed by atoms with Crippen LogP contribution in [0.4, 0.5) is 0 Å². The molecular weight excluding hydrogens is 392 g/mol. The number of sulfonamides is 1. The summed E-state index contributed by atoms with van der Waals surface area (Å²) in [5.41, 5.74) is 0.778. The summed E-state index contributed by atoms with van der Waals surface area (Å²) in [5, 5.41) is 16.9. The van der Waals surface area contributed by atoms with Crippen LogP contribution in [0.5, 0.6) is 5.75 Å². The highest BCUT2D eigenvalue weighted by Gasteiger charge is 2.28. The van der Waals surface area contributed by atoms with Gasteiger partial charge in [0.25, 0.3) is 0 Å². The van der Waals surface area contributed by atoms with Gasteiger partial charge >= 0.3 is 0 Å². The Bertz CT molecular complexity index is 765. The minimum absolute atomic E-state index is 0.105. The Hall–Kier alpha value is -1.84. The van der Waals surface area contributed by atoms with Gasteiger partial charge in [0.2, 0.25) is 10.0 Å². The topological polar surface area (TPSA) is 103 Å². The van der Waals surface area contributed by atoms with E-state index >= 15 is 0 Å². The van der Waals surface area contributed by atoms with E-state index in [1.54, 1.807) is 0 Å². The Morgan fingerprint density at radius 2 is 2.00 bits per heavy atom. The van der Waals surface area contributed by atoms with E-state index in [0.29, 0.717) is 32.1 Å². The lowest BCUT2D eigenvalue weighted by atomic mass is 10.1. The first kappa shape index (κ1) is 23.4. The first-order chi connectivity index (χ1) is 13.7. The lowest BCUT2D eigenvalue weighted by Gasteiger charge is -2.17. The van der Waals surface area contributed by atoms with Crippen molar-refractivity contribution in [2.24, 2.45) is 10.9 Å². The molecule has 1 aromatic carbocycles. The van der Waals surface area contributed by atoms with Gasteiger partial charge in [-0.1, -0.05) is 12.1 Å². The number of nitrogens with zero attached hydrogens (tertiary/aromatic N) is 2. The Balaban J connectivity index is 1.88. The molecule has 0 radical (unpaired) electrons. The first-order valence-electron chi connectivity index (χ1n) is 10.1. The van der Waals surface area contributed by atoms with Gasteiger partial charge in [0.05, 0.1) is 25.0 Å². The second kappa shape index (κ2) is 10.8. The molecule has 1 aromatic rings. The maximum absolute atomic E-state index is 11.6. The second-order valence-corrected chi connectivity index (χ2v) is 9.61. The molecule has 0 spiro atoms. The van der Waals surface area contributed by atoms with Crippen molar-refractivity contribution in [2.45, 2.75) is 39.4 Å². The van der Waals surface area contributed by atoms with Crippen LogP contribution in [0.2, 0.25) is 0 Å². The van der Waals surface area contributed by atoms with Crippen LogP contribution in [0.3, 0.4) is 0 Å². The number of hydrogen-bond acceptors (Lipinski definition) is 5. The molecule has 1 aliphatic heterocycles. The molecule has 8 nitrogen and oxygen atoms in total. The summed E-state index contributed by atoms with van der Waals surface area (Å²) in [5.74, 6) is 1.63. The summed E-state index contributed by atoms with van der Waals surface area (Å²) in [6.45, 7) is 8.56. The highest BCUT2D eigenvalue weighted by molar-refractivity contribution is 7.88. The average Bonchev–Trinajstić information content (AvgIpc) is 3.13. The predicted molar refractivity (Wildman–Crippen MR) is 116 cm³/mol. The monoisotopic (exact) mass is 426 g/mol. The van der Waals surface area contributed by atoms with E-state index in [2.05, 4.69) is 15.6 Å². The Morgan fingerprint density at radius 3 is 2.55 bits per heavy atom. The highest BCUT2D eigenvalue weighted by atomic mass is 32.2. The molecule has 0 aliphatic carbocycles. The zero-order valence-corrected chi connectivity index (χ0v) is 18.6. The molecule has 1 saturated heterocycles. The summed E-state index contributed by atoms with van der Waals surface area (Å²) in [4.78, 5) is 4.47. The normalized spacial score (nSPS) is 19.4. The Kier molecular flexibility index (Phi) is 8.73. The molecule has 0 amide bonds. The van der Waals surface area contributed by atoms with Crippen molar-refractivity contribution < 1.29 is 18.3 Å². The molecule has 2 rings (SSSR count). The maximum atomic E-state index is 11.6. The highest BCUT2D eigenvalue weighted by Crippen LogP contribution is 2.19. The predicted octanol–water partition coefficient (Wildman–Crippen LogP) is 1.34. The van der Waals surface area contributed by atoms with Crippen LogP contribution in [-0.2, 0) is 10.0 Å². The maximum Gasteiger partial charge on any atom is 0.211 e. The fraction of sp³-hybridized carbons (Fsp3) is 0.650. The molecule has 2 atom stereocenters. The Morgan fingerprint density at radius 1 is 1.31 bits per heavy atom. The number of benzene rings is 1. The molecule has 3 N–H and O–H groups in total. The summed E-state index contributed by atoms with van der Waals surface area (Å²) in [6.07, 6.45) is 1.46. The molecule has 0 saturated carbocycles. The van der Waals surface area contributed by atoms with E-state index in [-0.39, 0.29) is 18.6 Å². The molecule has 9 heteroatoms. The van der Waals surface area contributed by atoms with Gasteiger partial charge < -0.3 is 20.5 Å². The Labute approximate surface area is 174 Å². The van der Waals surface area contributed by atoms with Crippen molar-refractivity contribution in [3.05, 3.63) is 29.8 Å². The van der Waals surface area contributed by atoms with Crippen molar-refractivity contribution in [1.29, 1.82) is 0 Å². The van der Waals surface area contributed by atoms with Gasteiger partial charge in [0.1, 0.15) is 5.75 Å². The second-order valence-electron chi connectivity index (χ2n) is 7.63. The van der Waals surface area contributed by atoms with Crippen LogP contribution < -0.4 is 15.4 Å². The number of aliphatic hydroxyl groups excluding tert-OH is 1. The summed E-state index contributed by atoms with van der Waals surface area (Å²) >= 11 is 0. The van der Waals surface area contributed by atoms with Gasteiger partial charge in [-0.3, -0.25) is 4.99 Å². The number of guanidine groups is 1. The van der Waals surface area contributed by atoms with E-state index in [0.717, 1.165) is 17.7 Å². The van der Waals surface area contributed by atoms with Gasteiger partial charge in [0.15, 0.2) is 5.96 Å². The standard InChI is InChI=1S/C20H34N4O4S/c1-5-21-20(22-12-16-10-11-24(14-16)29(4,26)27)23-13-19(25)17-6-8-18(9-7-17)28-15(2)3/h6-9,15-16,19,25H,5,10-14H2,1-4H3,(H2,21,22,23). The van der Waals surface area contributed by atoms with Crippen molar-refractivity contribution in [1.82, 2.24) is 14.9 Å². The fourth-order valence-corrected chi connectivity index (χ4v) is 4.09. The SMILES string of the molecule is CCNC(=NCC(O)c1ccc(OC(C)C)cc1)NCC1CCN(S(C)(=O)=O)C1. The van der Waals surface area contributed by atoms with Crippen LogP contribution in [0.1, 0.15) is 38.9 Å². The van der Waals surface area contributed by atoms with E-state index in [4.69, 9.17) is 4.74 Å². The largest absolute Gasteiger partial charge is 0.491 e. The van der Waals surface area contributed by atoms with Crippen LogP contribution in [-0.4, -0.2) is 68.9 Å². The van der Waals surface area contributed by atoms with Gasteiger partial charge in [-0.15, -0.1) is 0 Å². The molecule has 0 bridgehead atoms. The minimum Gasteiger partial charge on any atom is -0.491 e. The van der Waals surface area contributed by atoms with Gasteiger partial charge in [0, 0.05) is 26.2 Å². The van der Waals surface area contributed by atoms with E-state index in [1.165, 1.54) is 10.6 Å². The smallest absolute Gasteiger partial charge is 0.211 e. The number of hydrogen-bond donors (Lipinski definition) is 3. The number of ether oxygens (including phenoxy) is 1. The number of rotatable bonds is 9. The third kappa shape index (κ3) is 7.83. The van der Waals surface area contributed by atoms with Crippen LogP contribution in [0.25, 0.3) is 0 Å². The number of nitrogens with one attached hydrogen (secondary N) is 2. The molecule has 1 aliphatic rings. The third-order valence-corrected chi connectivity index (χ3v) is 5.95. The van der Waals surface area contributed by atoms with Crippen molar-refractivity contribution in [3.63, 3.8) is 0 Å². The van der Waals surface area contributed by atoms with Crippen LogP contribution in [0.15, 0.2) is 29.3 Å². The summed E-state index contributed by atoms with van der Waals surface area (Å²) in [7, 11) is -3.13. The quantitative estimate of drug-likeness (QED) is 0.407. The van der Waals surface area contributed by atoms with Crippen LogP contribution in [0, 0.1) is 5.92 Å². The lowest BCUT2D eigenvalue weighted by Crippen LogP contribution is -2.40.